The Bertz CT molecular complexity index is 1240. The number of benzene rings is 3. The maximum atomic E-state index is 13.3. The maximum Gasteiger partial charge on any atom is 0.264 e. The molecule has 4 rings (SSSR count). The molecule has 0 bridgehead atoms. The van der Waals surface area contributed by atoms with Gasteiger partial charge >= 0.3 is 0 Å². The van der Waals surface area contributed by atoms with Gasteiger partial charge in [-0.1, -0.05) is 23.8 Å². The third-order valence-corrected chi connectivity index (χ3v) is 7.34. The quantitative estimate of drug-likeness (QED) is 0.643. The number of nitrogens with zero attached hydrogens (tertiary/aromatic N) is 1. The van der Waals surface area contributed by atoms with Gasteiger partial charge in [0.15, 0.2) is 0 Å². The van der Waals surface area contributed by atoms with E-state index in [1.165, 1.54) is 4.31 Å². The summed E-state index contributed by atoms with van der Waals surface area (Å²) in [4.78, 5) is 13.0. The first-order chi connectivity index (χ1) is 14.8. The Morgan fingerprint density at radius 2 is 1.81 bits per heavy atom. The molecule has 1 atom stereocenters. The molecule has 1 amide bonds. The van der Waals surface area contributed by atoms with Crippen LogP contribution in [0, 0.1) is 6.92 Å². The van der Waals surface area contributed by atoms with E-state index < -0.39 is 10.0 Å². The van der Waals surface area contributed by atoms with Crippen molar-refractivity contribution < 1.29 is 17.9 Å². The van der Waals surface area contributed by atoms with E-state index in [2.05, 4.69) is 5.32 Å². The van der Waals surface area contributed by atoms with Crippen molar-refractivity contribution in [3.8, 4) is 5.75 Å². The van der Waals surface area contributed by atoms with Crippen LogP contribution in [0.3, 0.4) is 0 Å². The summed E-state index contributed by atoms with van der Waals surface area (Å²) in [6.07, 6.45) is 0.542. The minimum atomic E-state index is -3.69. The van der Waals surface area contributed by atoms with Gasteiger partial charge in [-0.2, -0.15) is 0 Å². The largest absolute Gasteiger partial charge is 0.497 e. The van der Waals surface area contributed by atoms with Crippen molar-refractivity contribution in [1.29, 1.82) is 0 Å². The number of anilines is 2. The Labute approximate surface area is 182 Å². The minimum Gasteiger partial charge on any atom is -0.497 e. The number of carbonyl (C=O) groups excluding carboxylic acids is 1. The van der Waals surface area contributed by atoms with Gasteiger partial charge in [0.1, 0.15) is 5.75 Å². The molecule has 1 N–H and O–H groups in total. The summed E-state index contributed by atoms with van der Waals surface area (Å²) in [5.41, 5.74) is 3.55. The van der Waals surface area contributed by atoms with Gasteiger partial charge in [0, 0.05) is 23.4 Å². The number of rotatable bonds is 5. The lowest BCUT2D eigenvalue weighted by atomic mass is 10.1. The number of hydrogen-bond acceptors (Lipinski definition) is 4. The third kappa shape index (κ3) is 4.01. The predicted molar refractivity (Wildman–Crippen MR) is 121 cm³/mol. The molecule has 3 aromatic carbocycles. The fourth-order valence-corrected chi connectivity index (χ4v) is 5.53. The zero-order valence-corrected chi connectivity index (χ0v) is 18.4. The van der Waals surface area contributed by atoms with Gasteiger partial charge in [0.05, 0.1) is 17.7 Å². The molecule has 0 saturated heterocycles. The highest BCUT2D eigenvalue weighted by molar-refractivity contribution is 7.92. The molecule has 0 fully saturated rings. The number of fused-ring (bicyclic) bond motifs is 1. The fourth-order valence-electron chi connectivity index (χ4n) is 3.84. The molecule has 0 saturated carbocycles. The van der Waals surface area contributed by atoms with Gasteiger partial charge in [0.2, 0.25) is 0 Å². The average Bonchev–Trinajstić information content (AvgIpc) is 3.09. The highest BCUT2D eigenvalue weighted by Crippen LogP contribution is 2.37. The smallest absolute Gasteiger partial charge is 0.264 e. The standard InChI is InChI=1S/C24H24N2O4S/c1-16-7-10-22(11-8-16)31(28,29)26-17(2)13-19-14-18(9-12-23(19)26)24(27)25-20-5-4-6-21(15-20)30-3/h4-12,14-15,17H,13H2,1-3H3,(H,25,27)/t17-/m0/s1. The van der Waals surface area contributed by atoms with Gasteiger partial charge in [-0.15, -0.1) is 0 Å². The van der Waals surface area contributed by atoms with Crippen molar-refractivity contribution in [2.45, 2.75) is 31.2 Å². The molecule has 31 heavy (non-hydrogen) atoms. The average molecular weight is 437 g/mol. The predicted octanol–water partition coefficient (Wildman–Crippen LogP) is 4.40. The van der Waals surface area contributed by atoms with Crippen LogP contribution in [-0.4, -0.2) is 27.5 Å². The molecule has 0 aromatic heterocycles. The Hall–Kier alpha value is -3.32. The zero-order valence-electron chi connectivity index (χ0n) is 17.6. The Morgan fingerprint density at radius 1 is 1.06 bits per heavy atom. The molecule has 0 spiro atoms. The molecule has 7 heteroatoms. The van der Waals surface area contributed by atoms with Crippen LogP contribution in [0.2, 0.25) is 0 Å². The summed E-state index contributed by atoms with van der Waals surface area (Å²) < 4.78 is 33.2. The van der Waals surface area contributed by atoms with Crippen LogP contribution in [0.15, 0.2) is 71.6 Å². The van der Waals surface area contributed by atoms with E-state index in [1.807, 2.05) is 13.8 Å². The van der Waals surface area contributed by atoms with Crippen LogP contribution in [-0.2, 0) is 16.4 Å². The van der Waals surface area contributed by atoms with Crippen molar-refractivity contribution in [2.75, 3.05) is 16.7 Å². The second-order valence-corrected chi connectivity index (χ2v) is 9.51. The minimum absolute atomic E-state index is 0.238. The van der Waals surface area contributed by atoms with Gasteiger partial charge in [-0.25, -0.2) is 8.42 Å². The third-order valence-electron chi connectivity index (χ3n) is 5.40. The van der Waals surface area contributed by atoms with Crippen LogP contribution in [0.1, 0.15) is 28.4 Å². The molecule has 0 aliphatic carbocycles. The van der Waals surface area contributed by atoms with E-state index in [9.17, 15) is 13.2 Å². The van der Waals surface area contributed by atoms with Crippen LogP contribution in [0.25, 0.3) is 0 Å². The first kappa shape index (κ1) is 20.9. The van der Waals surface area contributed by atoms with E-state index in [4.69, 9.17) is 4.74 Å². The molecule has 0 unspecified atom stereocenters. The van der Waals surface area contributed by atoms with E-state index in [0.717, 1.165) is 11.1 Å². The van der Waals surface area contributed by atoms with Crippen LogP contribution in [0.4, 0.5) is 11.4 Å². The van der Waals surface area contributed by atoms with Crippen LogP contribution < -0.4 is 14.4 Å². The number of nitrogens with one attached hydrogen (secondary N) is 1. The number of hydrogen-bond donors (Lipinski definition) is 1. The monoisotopic (exact) mass is 436 g/mol. The van der Waals surface area contributed by atoms with Crippen molar-refractivity contribution in [2.24, 2.45) is 0 Å². The van der Waals surface area contributed by atoms with Crippen LogP contribution in [0.5, 0.6) is 5.75 Å². The molecular weight excluding hydrogens is 412 g/mol. The number of sulfonamides is 1. The number of methoxy groups -OCH3 is 1. The lowest BCUT2D eigenvalue weighted by Crippen LogP contribution is -2.35. The molecular formula is C24H24N2O4S. The van der Waals surface area contributed by atoms with Crippen molar-refractivity contribution in [3.63, 3.8) is 0 Å². The maximum absolute atomic E-state index is 13.3. The topological polar surface area (TPSA) is 75.7 Å². The van der Waals surface area contributed by atoms with Gasteiger partial charge in [-0.3, -0.25) is 9.10 Å². The summed E-state index contributed by atoms with van der Waals surface area (Å²) in [5.74, 6) is 0.390. The molecule has 0 radical (unpaired) electrons. The van der Waals surface area contributed by atoms with Crippen molar-refractivity contribution in [3.05, 3.63) is 83.4 Å². The fraction of sp³-hybridized carbons (Fsp3) is 0.208. The van der Waals surface area contributed by atoms with Crippen molar-refractivity contribution >= 4 is 27.3 Å². The number of carbonyl (C=O) groups is 1. The Morgan fingerprint density at radius 3 is 2.52 bits per heavy atom. The summed E-state index contributed by atoms with van der Waals surface area (Å²) in [7, 11) is -2.12. The van der Waals surface area contributed by atoms with Gasteiger partial charge in [0.25, 0.3) is 15.9 Å². The number of amides is 1. The van der Waals surface area contributed by atoms with E-state index in [0.29, 0.717) is 29.1 Å². The molecule has 1 heterocycles. The first-order valence-electron chi connectivity index (χ1n) is 9.99. The SMILES string of the molecule is COc1cccc(NC(=O)c2ccc3c(c2)C[C@H](C)N3S(=O)(=O)c2ccc(C)cc2)c1. The van der Waals surface area contributed by atoms with E-state index in [-0.39, 0.29) is 16.8 Å². The second kappa shape index (κ2) is 8.07. The number of aryl methyl sites for hydroxylation is 1. The van der Waals surface area contributed by atoms with Crippen molar-refractivity contribution in [1.82, 2.24) is 0 Å². The molecule has 6 nitrogen and oxygen atoms in total. The molecule has 1 aliphatic heterocycles. The summed E-state index contributed by atoms with van der Waals surface area (Å²) in [5, 5.41) is 2.86. The summed E-state index contributed by atoms with van der Waals surface area (Å²) >= 11 is 0. The van der Waals surface area contributed by atoms with E-state index >= 15 is 0 Å². The lowest BCUT2D eigenvalue weighted by molar-refractivity contribution is 0.102. The van der Waals surface area contributed by atoms with Gasteiger partial charge in [-0.05, 0) is 68.3 Å². The van der Waals surface area contributed by atoms with Crippen LogP contribution >= 0.6 is 0 Å². The second-order valence-electron chi connectivity index (χ2n) is 7.70. The Kier molecular flexibility index (Phi) is 5.45. The van der Waals surface area contributed by atoms with E-state index in [1.54, 1.807) is 73.8 Å². The molecule has 160 valence electrons. The normalized spacial score (nSPS) is 15.5. The van der Waals surface area contributed by atoms with Gasteiger partial charge < -0.3 is 10.1 Å². The summed E-state index contributed by atoms with van der Waals surface area (Å²) in [6.45, 7) is 3.80. The molecule has 3 aromatic rings. The number of ether oxygens (including phenoxy) is 1. The summed E-state index contributed by atoms with van der Waals surface area (Å²) in [6, 6.07) is 18.9. The first-order valence-corrected chi connectivity index (χ1v) is 11.4. The Balaban J connectivity index is 1.61. The highest BCUT2D eigenvalue weighted by Gasteiger charge is 2.36. The lowest BCUT2D eigenvalue weighted by Gasteiger charge is -2.24. The molecule has 1 aliphatic rings. The highest BCUT2D eigenvalue weighted by atomic mass is 32.2. The zero-order chi connectivity index (χ0) is 22.2.